The lowest BCUT2D eigenvalue weighted by Gasteiger charge is -2.42. The van der Waals surface area contributed by atoms with Gasteiger partial charge in [0.25, 0.3) is 0 Å². The Bertz CT molecular complexity index is 994. The highest BCUT2D eigenvalue weighted by Crippen LogP contribution is 2.35. The van der Waals surface area contributed by atoms with Crippen LogP contribution in [0.1, 0.15) is 26.7 Å². The van der Waals surface area contributed by atoms with Crippen LogP contribution in [0, 0.1) is 5.41 Å². The first kappa shape index (κ1) is 19.6. The third-order valence-corrected chi connectivity index (χ3v) is 7.12. The molecule has 0 saturated carbocycles. The van der Waals surface area contributed by atoms with Crippen molar-refractivity contribution in [2.45, 2.75) is 32.7 Å². The summed E-state index contributed by atoms with van der Waals surface area (Å²) in [4.78, 5) is 9.26. The molecule has 0 unspecified atom stereocenters. The topological polar surface area (TPSA) is 44.9 Å². The summed E-state index contributed by atoms with van der Waals surface area (Å²) in [6, 6.07) is 12.4. The predicted molar refractivity (Wildman–Crippen MR) is 119 cm³/mol. The minimum atomic E-state index is 0.229. The summed E-state index contributed by atoms with van der Waals surface area (Å²) in [5, 5.41) is 3.22. The van der Waals surface area contributed by atoms with Crippen molar-refractivity contribution in [2.75, 3.05) is 29.6 Å². The van der Waals surface area contributed by atoms with Crippen molar-refractivity contribution in [2.24, 2.45) is 16.1 Å². The molecular weight excluding hydrogens is 391 g/mol. The molecule has 1 atom stereocenters. The molecule has 2 N–H and O–H groups in total. The standard InChI is InChI=1S/C22H26Cl2N4/c1-15(25)22(2)8-10-27(11-9-22)17-7-6-16-13-28(14-26-19(16)12-17)20-5-3-4-18(23)21(20)24/h3-7,12-13,15H,8-11,14,25H2,1-2H3/t15-/m1/s1. The molecular formula is C22H26Cl2N4. The van der Waals surface area contributed by atoms with E-state index in [1.807, 2.05) is 17.0 Å². The average molecular weight is 417 g/mol. The van der Waals surface area contributed by atoms with E-state index in [1.54, 1.807) is 6.07 Å². The molecule has 2 aliphatic heterocycles. The monoisotopic (exact) mass is 416 g/mol. The third-order valence-electron chi connectivity index (χ3n) is 6.31. The van der Waals surface area contributed by atoms with E-state index in [9.17, 15) is 0 Å². The summed E-state index contributed by atoms with van der Waals surface area (Å²) in [6.07, 6.45) is 4.32. The molecule has 0 aliphatic carbocycles. The van der Waals surface area contributed by atoms with Gasteiger partial charge < -0.3 is 15.5 Å². The maximum atomic E-state index is 6.37. The Hall–Kier alpha value is -1.75. The van der Waals surface area contributed by atoms with Crippen molar-refractivity contribution in [3.63, 3.8) is 0 Å². The highest BCUT2D eigenvalue weighted by atomic mass is 35.5. The lowest BCUT2D eigenvalue weighted by atomic mass is 9.75. The Kier molecular flexibility index (Phi) is 5.30. The average Bonchev–Trinajstić information content (AvgIpc) is 2.70. The van der Waals surface area contributed by atoms with Gasteiger partial charge in [-0.3, -0.25) is 4.99 Å². The zero-order valence-corrected chi connectivity index (χ0v) is 17.8. The van der Waals surface area contributed by atoms with Gasteiger partial charge in [-0.2, -0.15) is 0 Å². The molecule has 0 bridgehead atoms. The van der Waals surface area contributed by atoms with Crippen molar-refractivity contribution in [3.8, 4) is 0 Å². The van der Waals surface area contributed by atoms with Gasteiger partial charge in [0.15, 0.2) is 0 Å². The molecule has 1 saturated heterocycles. The van der Waals surface area contributed by atoms with Crippen molar-refractivity contribution >= 4 is 40.8 Å². The van der Waals surface area contributed by atoms with E-state index in [-0.39, 0.29) is 11.5 Å². The Morgan fingerprint density at radius 2 is 1.89 bits per heavy atom. The number of fused-ring (bicyclic) bond motifs is 1. The summed E-state index contributed by atoms with van der Waals surface area (Å²) in [7, 11) is 0. The summed E-state index contributed by atoms with van der Waals surface area (Å²) in [5.74, 6) is 0. The van der Waals surface area contributed by atoms with Gasteiger partial charge in [0, 0.05) is 36.2 Å². The van der Waals surface area contributed by atoms with E-state index in [2.05, 4.69) is 43.1 Å². The summed E-state index contributed by atoms with van der Waals surface area (Å²) in [5.41, 5.74) is 8.54. The van der Waals surface area contributed by atoms with Crippen molar-refractivity contribution in [3.05, 3.63) is 57.0 Å². The number of halogens is 2. The highest BCUT2D eigenvalue weighted by Gasteiger charge is 2.33. The van der Waals surface area contributed by atoms with Crippen LogP contribution in [-0.4, -0.2) is 25.8 Å². The Morgan fingerprint density at radius 3 is 2.61 bits per heavy atom. The van der Waals surface area contributed by atoms with Crippen LogP contribution in [0.15, 0.2) is 41.4 Å². The highest BCUT2D eigenvalue weighted by molar-refractivity contribution is 6.43. The molecule has 2 aromatic rings. The number of nitrogens with zero attached hydrogens (tertiary/aromatic N) is 3. The fourth-order valence-electron chi connectivity index (χ4n) is 3.93. The van der Waals surface area contributed by atoms with Gasteiger partial charge in [0.1, 0.15) is 6.67 Å². The van der Waals surface area contributed by atoms with E-state index >= 15 is 0 Å². The van der Waals surface area contributed by atoms with Gasteiger partial charge in [-0.1, -0.05) is 36.2 Å². The second-order valence-corrected chi connectivity index (χ2v) is 8.93. The van der Waals surface area contributed by atoms with Crippen LogP contribution >= 0.6 is 23.2 Å². The fourth-order valence-corrected chi connectivity index (χ4v) is 4.33. The SMILES string of the molecule is C[C@@H](N)C1(C)CCN(c2ccc3c(c2)=NCN(c2cccc(Cl)c2Cl)C=3)CC1. The second kappa shape index (κ2) is 7.58. The smallest absolute Gasteiger partial charge is 0.115 e. The minimum Gasteiger partial charge on any atom is -0.371 e. The molecule has 0 radical (unpaired) electrons. The number of piperidine rings is 1. The Morgan fingerprint density at radius 1 is 1.14 bits per heavy atom. The van der Waals surface area contributed by atoms with Gasteiger partial charge in [-0.25, -0.2) is 0 Å². The van der Waals surface area contributed by atoms with Crippen LogP contribution in [0.5, 0.6) is 0 Å². The van der Waals surface area contributed by atoms with Crippen molar-refractivity contribution in [1.82, 2.24) is 0 Å². The van der Waals surface area contributed by atoms with E-state index < -0.39 is 0 Å². The number of hydrogen-bond donors (Lipinski definition) is 1. The van der Waals surface area contributed by atoms with Gasteiger partial charge >= 0.3 is 0 Å². The Balaban J connectivity index is 1.57. The molecule has 6 heteroatoms. The largest absolute Gasteiger partial charge is 0.371 e. The van der Waals surface area contributed by atoms with Gasteiger partial charge in [-0.15, -0.1) is 0 Å². The molecule has 0 spiro atoms. The van der Waals surface area contributed by atoms with E-state index in [0.717, 1.165) is 42.2 Å². The molecule has 28 heavy (non-hydrogen) atoms. The Labute approximate surface area is 176 Å². The van der Waals surface area contributed by atoms with Crippen LogP contribution in [-0.2, 0) is 0 Å². The predicted octanol–water partition coefficient (Wildman–Crippen LogP) is 3.78. The zero-order chi connectivity index (χ0) is 19.9. The first-order valence-electron chi connectivity index (χ1n) is 9.75. The summed E-state index contributed by atoms with van der Waals surface area (Å²) in [6.45, 7) is 7.03. The quantitative estimate of drug-likeness (QED) is 0.827. The third kappa shape index (κ3) is 3.61. The van der Waals surface area contributed by atoms with Crippen LogP contribution in [0.2, 0.25) is 10.0 Å². The number of benzene rings is 2. The molecule has 148 valence electrons. The van der Waals surface area contributed by atoms with Crippen LogP contribution < -0.4 is 26.1 Å². The minimum absolute atomic E-state index is 0.229. The molecule has 2 aromatic carbocycles. The van der Waals surface area contributed by atoms with Crippen LogP contribution in [0.3, 0.4) is 0 Å². The molecule has 2 heterocycles. The second-order valence-electron chi connectivity index (χ2n) is 8.14. The normalized spacial score (nSPS) is 19.5. The van der Waals surface area contributed by atoms with Gasteiger partial charge in [-0.05, 0) is 55.5 Å². The molecule has 1 fully saturated rings. The summed E-state index contributed by atoms with van der Waals surface area (Å²) < 4.78 is 0. The number of hydrogen-bond acceptors (Lipinski definition) is 4. The molecule has 2 aliphatic rings. The maximum absolute atomic E-state index is 6.37. The first-order chi connectivity index (χ1) is 13.4. The number of rotatable bonds is 3. The first-order valence-corrected chi connectivity index (χ1v) is 10.5. The van der Waals surface area contributed by atoms with Gasteiger partial charge in [0.2, 0.25) is 0 Å². The van der Waals surface area contributed by atoms with E-state index in [1.165, 1.54) is 5.69 Å². The summed E-state index contributed by atoms with van der Waals surface area (Å²) >= 11 is 12.5. The van der Waals surface area contributed by atoms with Crippen LogP contribution in [0.4, 0.5) is 11.4 Å². The number of nitrogens with two attached hydrogens (primary N) is 1. The zero-order valence-electron chi connectivity index (χ0n) is 16.3. The van der Waals surface area contributed by atoms with Crippen molar-refractivity contribution < 1.29 is 0 Å². The van der Waals surface area contributed by atoms with Crippen LogP contribution in [0.25, 0.3) is 6.20 Å². The molecule has 4 rings (SSSR count). The lowest BCUT2D eigenvalue weighted by Crippen LogP contribution is -2.47. The fraction of sp³-hybridized carbons (Fsp3) is 0.409. The molecule has 4 nitrogen and oxygen atoms in total. The van der Waals surface area contributed by atoms with Gasteiger partial charge in [0.05, 0.1) is 21.1 Å². The molecule has 0 aromatic heterocycles. The van der Waals surface area contributed by atoms with Crippen molar-refractivity contribution in [1.29, 1.82) is 0 Å². The number of anilines is 2. The molecule has 0 amide bonds. The van der Waals surface area contributed by atoms with E-state index in [0.29, 0.717) is 16.7 Å². The van der Waals surface area contributed by atoms with E-state index in [4.69, 9.17) is 33.9 Å². The lowest BCUT2D eigenvalue weighted by molar-refractivity contribution is 0.205. The maximum Gasteiger partial charge on any atom is 0.115 e.